The quantitative estimate of drug-likeness (QED) is 0.445. The van der Waals surface area contributed by atoms with E-state index in [4.69, 9.17) is 4.99 Å². The Morgan fingerprint density at radius 2 is 2.00 bits per heavy atom. The second-order valence-electron chi connectivity index (χ2n) is 4.58. The maximum atomic E-state index is 4.69. The van der Waals surface area contributed by atoms with E-state index in [1.165, 1.54) is 5.56 Å². The molecule has 1 rings (SSSR count). The lowest BCUT2D eigenvalue weighted by Crippen LogP contribution is -2.38. The van der Waals surface area contributed by atoms with Gasteiger partial charge >= 0.3 is 0 Å². The van der Waals surface area contributed by atoms with Gasteiger partial charge in [-0.1, -0.05) is 37.3 Å². The first-order valence-corrected chi connectivity index (χ1v) is 8.02. The second-order valence-corrected chi connectivity index (χ2v) is 5.86. The lowest BCUT2D eigenvalue weighted by atomic mass is 10.2. The van der Waals surface area contributed by atoms with Crippen molar-refractivity contribution in [3.05, 3.63) is 35.9 Å². The fraction of sp³-hybridized carbons (Fsp3) is 0.533. The van der Waals surface area contributed by atoms with Crippen molar-refractivity contribution in [1.82, 2.24) is 10.2 Å². The number of thioether (sulfide) groups is 1. The third-order valence-corrected chi connectivity index (χ3v) is 3.81. The predicted molar refractivity (Wildman–Crippen MR) is 102 cm³/mol. The van der Waals surface area contributed by atoms with Crippen molar-refractivity contribution in [3.8, 4) is 0 Å². The molecule has 0 aromatic heterocycles. The molecule has 1 aromatic rings. The molecule has 0 fully saturated rings. The SMILES string of the molecule is CCNC(=NCC(C)SC)N(C)Cc1ccccc1.I. The zero-order valence-electron chi connectivity index (χ0n) is 12.8. The van der Waals surface area contributed by atoms with Crippen molar-refractivity contribution in [2.24, 2.45) is 4.99 Å². The molecule has 20 heavy (non-hydrogen) atoms. The highest BCUT2D eigenvalue weighted by Gasteiger charge is 2.07. The van der Waals surface area contributed by atoms with Crippen molar-refractivity contribution in [2.75, 3.05) is 26.4 Å². The summed E-state index contributed by atoms with van der Waals surface area (Å²) in [7, 11) is 2.08. The highest BCUT2D eigenvalue weighted by atomic mass is 127. The number of rotatable bonds is 6. The Morgan fingerprint density at radius 1 is 1.35 bits per heavy atom. The Hall–Kier alpha value is -0.430. The normalized spacial score (nSPS) is 12.5. The molecule has 0 aliphatic carbocycles. The second kappa shape index (κ2) is 11.3. The number of nitrogens with one attached hydrogen (secondary N) is 1. The van der Waals surface area contributed by atoms with Crippen LogP contribution in [0.4, 0.5) is 0 Å². The number of hydrogen-bond acceptors (Lipinski definition) is 2. The smallest absolute Gasteiger partial charge is 0.193 e. The number of aliphatic imine (C=N–C) groups is 1. The predicted octanol–water partition coefficient (Wildman–Crippen LogP) is 3.45. The third-order valence-electron chi connectivity index (χ3n) is 2.86. The number of halogens is 1. The lowest BCUT2D eigenvalue weighted by molar-refractivity contribution is 0.477. The zero-order chi connectivity index (χ0) is 14.1. The van der Waals surface area contributed by atoms with Gasteiger partial charge in [-0.2, -0.15) is 11.8 Å². The highest BCUT2D eigenvalue weighted by molar-refractivity contribution is 14.0. The van der Waals surface area contributed by atoms with E-state index < -0.39 is 0 Å². The van der Waals surface area contributed by atoms with Crippen LogP contribution in [-0.2, 0) is 6.54 Å². The average Bonchev–Trinajstić information content (AvgIpc) is 2.44. The topological polar surface area (TPSA) is 27.6 Å². The minimum atomic E-state index is 0. The maximum Gasteiger partial charge on any atom is 0.193 e. The summed E-state index contributed by atoms with van der Waals surface area (Å²) in [5, 5.41) is 3.90. The van der Waals surface area contributed by atoms with Crippen LogP contribution in [0.3, 0.4) is 0 Å². The van der Waals surface area contributed by atoms with E-state index in [1.54, 1.807) is 0 Å². The third kappa shape index (κ3) is 7.38. The molecule has 0 saturated heterocycles. The summed E-state index contributed by atoms with van der Waals surface area (Å²) in [5.74, 6) is 0.979. The molecule has 1 aromatic carbocycles. The molecular formula is C15H26IN3S. The van der Waals surface area contributed by atoms with Crippen LogP contribution >= 0.6 is 35.7 Å². The lowest BCUT2D eigenvalue weighted by Gasteiger charge is -2.22. The number of benzene rings is 1. The molecule has 0 aliphatic rings. The van der Waals surface area contributed by atoms with Gasteiger partial charge in [-0.25, -0.2) is 0 Å². The van der Waals surface area contributed by atoms with E-state index in [-0.39, 0.29) is 24.0 Å². The Labute approximate surface area is 144 Å². The van der Waals surface area contributed by atoms with Crippen LogP contribution in [-0.4, -0.2) is 42.5 Å². The summed E-state index contributed by atoms with van der Waals surface area (Å²) in [4.78, 5) is 6.86. The van der Waals surface area contributed by atoms with Crippen LogP contribution < -0.4 is 5.32 Å². The summed E-state index contributed by atoms with van der Waals surface area (Å²) in [6, 6.07) is 10.5. The minimum absolute atomic E-state index is 0. The molecule has 1 atom stereocenters. The number of nitrogens with zero attached hydrogens (tertiary/aromatic N) is 2. The largest absolute Gasteiger partial charge is 0.357 e. The molecule has 0 amide bonds. The van der Waals surface area contributed by atoms with Crippen LogP contribution in [0.2, 0.25) is 0 Å². The van der Waals surface area contributed by atoms with Gasteiger partial charge in [0.25, 0.3) is 0 Å². The van der Waals surface area contributed by atoms with Crippen molar-refractivity contribution < 1.29 is 0 Å². The standard InChI is InChI=1S/C15H25N3S.HI/c1-5-16-15(17-11-13(2)19-4)18(3)12-14-9-7-6-8-10-14;/h6-10,13H,5,11-12H2,1-4H3,(H,16,17);1H. The summed E-state index contributed by atoms with van der Waals surface area (Å²) in [6.45, 7) is 6.92. The van der Waals surface area contributed by atoms with Gasteiger partial charge < -0.3 is 10.2 Å². The van der Waals surface area contributed by atoms with Crippen LogP contribution in [0, 0.1) is 0 Å². The summed E-state index contributed by atoms with van der Waals surface area (Å²) < 4.78 is 0. The first kappa shape index (κ1) is 19.6. The highest BCUT2D eigenvalue weighted by Crippen LogP contribution is 2.06. The monoisotopic (exact) mass is 407 g/mol. The van der Waals surface area contributed by atoms with Crippen LogP contribution in [0.25, 0.3) is 0 Å². The number of hydrogen-bond donors (Lipinski definition) is 1. The molecule has 3 nitrogen and oxygen atoms in total. The van der Waals surface area contributed by atoms with Crippen molar-refractivity contribution in [2.45, 2.75) is 25.6 Å². The van der Waals surface area contributed by atoms with Gasteiger partial charge in [0, 0.05) is 25.4 Å². The van der Waals surface area contributed by atoms with Gasteiger partial charge in [-0.05, 0) is 18.7 Å². The van der Waals surface area contributed by atoms with Gasteiger partial charge in [0.15, 0.2) is 5.96 Å². The summed E-state index contributed by atoms with van der Waals surface area (Å²) in [6.07, 6.45) is 2.13. The maximum absolute atomic E-state index is 4.69. The van der Waals surface area contributed by atoms with Crippen molar-refractivity contribution in [3.63, 3.8) is 0 Å². The van der Waals surface area contributed by atoms with Crippen LogP contribution in [0.5, 0.6) is 0 Å². The average molecular weight is 407 g/mol. The van der Waals surface area contributed by atoms with E-state index in [0.29, 0.717) is 5.25 Å². The van der Waals surface area contributed by atoms with Crippen LogP contribution in [0.15, 0.2) is 35.3 Å². The van der Waals surface area contributed by atoms with E-state index >= 15 is 0 Å². The van der Waals surface area contributed by atoms with Gasteiger partial charge in [0.1, 0.15) is 0 Å². The van der Waals surface area contributed by atoms with Gasteiger partial charge in [-0.3, -0.25) is 4.99 Å². The fourth-order valence-corrected chi connectivity index (χ4v) is 1.92. The zero-order valence-corrected chi connectivity index (χ0v) is 15.9. The van der Waals surface area contributed by atoms with Crippen molar-refractivity contribution >= 4 is 41.7 Å². The minimum Gasteiger partial charge on any atom is -0.357 e. The van der Waals surface area contributed by atoms with E-state index in [2.05, 4.69) is 61.6 Å². The van der Waals surface area contributed by atoms with Gasteiger partial charge in [-0.15, -0.1) is 24.0 Å². The van der Waals surface area contributed by atoms with Gasteiger partial charge in [0.2, 0.25) is 0 Å². The van der Waals surface area contributed by atoms with E-state index in [1.807, 2.05) is 17.8 Å². The first-order chi connectivity index (χ1) is 9.17. The molecule has 0 heterocycles. The van der Waals surface area contributed by atoms with E-state index in [0.717, 1.165) is 25.6 Å². The molecule has 0 spiro atoms. The molecule has 5 heteroatoms. The Kier molecular flexibility index (Phi) is 11.0. The fourth-order valence-electron chi connectivity index (χ4n) is 1.69. The Bertz CT molecular complexity index is 384. The molecule has 114 valence electrons. The van der Waals surface area contributed by atoms with Crippen LogP contribution in [0.1, 0.15) is 19.4 Å². The molecule has 0 radical (unpaired) electrons. The summed E-state index contributed by atoms with van der Waals surface area (Å²) >= 11 is 1.85. The van der Waals surface area contributed by atoms with E-state index in [9.17, 15) is 0 Å². The number of guanidine groups is 1. The molecule has 1 unspecified atom stereocenters. The Balaban J connectivity index is 0.00000361. The summed E-state index contributed by atoms with van der Waals surface area (Å²) in [5.41, 5.74) is 1.30. The Morgan fingerprint density at radius 3 is 2.55 bits per heavy atom. The molecule has 0 bridgehead atoms. The molecule has 0 saturated carbocycles. The first-order valence-electron chi connectivity index (χ1n) is 6.73. The van der Waals surface area contributed by atoms with Crippen molar-refractivity contribution in [1.29, 1.82) is 0 Å². The molecule has 1 N–H and O–H groups in total. The molecular weight excluding hydrogens is 381 g/mol. The molecule has 0 aliphatic heterocycles. The van der Waals surface area contributed by atoms with Gasteiger partial charge in [0.05, 0.1) is 6.54 Å².